The van der Waals surface area contributed by atoms with E-state index in [1.165, 1.54) is 24.0 Å². The lowest BCUT2D eigenvalue weighted by atomic mass is 9.73. The normalized spacial score (nSPS) is 20.1. The second-order valence-electron chi connectivity index (χ2n) is 14.9. The Balaban J connectivity index is 0.000000281. The average molecular weight is 701 g/mol. The van der Waals surface area contributed by atoms with Gasteiger partial charge < -0.3 is 25.2 Å². The van der Waals surface area contributed by atoms with Crippen molar-refractivity contribution < 1.29 is 30.0 Å². The summed E-state index contributed by atoms with van der Waals surface area (Å²) in [5.74, 6) is 0.0120. The van der Waals surface area contributed by atoms with E-state index in [-0.39, 0.29) is 58.8 Å². The zero-order valence-electron chi connectivity index (χ0n) is 32.4. The molecule has 2 aliphatic carbocycles. The van der Waals surface area contributed by atoms with Gasteiger partial charge in [-0.1, -0.05) is 87.1 Å². The first kappa shape index (κ1) is 41.5. The van der Waals surface area contributed by atoms with Crippen molar-refractivity contribution in [3.05, 3.63) is 93.6 Å². The number of hydrogen-bond donors (Lipinski definition) is 4. The van der Waals surface area contributed by atoms with Crippen LogP contribution in [-0.2, 0) is 17.6 Å². The molecular weight excluding hydrogens is 636 g/mol. The van der Waals surface area contributed by atoms with Crippen molar-refractivity contribution in [1.29, 1.82) is 0 Å². The topological polar surface area (TPSA) is 107 Å². The van der Waals surface area contributed by atoms with Gasteiger partial charge in [-0.2, -0.15) is 0 Å². The molecule has 6 nitrogen and oxygen atoms in total. The van der Waals surface area contributed by atoms with E-state index in [0.29, 0.717) is 23.1 Å². The molecule has 0 fully saturated rings. The second-order valence-corrected chi connectivity index (χ2v) is 14.9. The third kappa shape index (κ3) is 10.8. The van der Waals surface area contributed by atoms with Crippen molar-refractivity contribution in [2.75, 3.05) is 6.61 Å². The zero-order chi connectivity index (χ0) is 37.8. The molecule has 0 bridgehead atoms. The molecule has 0 aromatic heterocycles. The minimum atomic E-state index is -0.531. The number of carbonyl (C=O) groups is 1. The molecule has 2 aromatic rings. The molecule has 280 valence electrons. The predicted molar refractivity (Wildman–Crippen MR) is 210 cm³/mol. The molecule has 0 heterocycles. The zero-order valence-corrected chi connectivity index (χ0v) is 32.4. The van der Waals surface area contributed by atoms with Crippen molar-refractivity contribution >= 4 is 5.97 Å². The summed E-state index contributed by atoms with van der Waals surface area (Å²) >= 11 is 0. The summed E-state index contributed by atoms with van der Waals surface area (Å²) in [6.45, 7) is 22.7. The molecule has 2 aromatic carbocycles. The number of unbranched alkanes of at least 4 members (excludes halogenated alkanes) is 4. The first-order chi connectivity index (χ1) is 24.2. The first-order valence-electron chi connectivity index (χ1n) is 19.2. The Kier molecular flexibility index (Phi) is 16.0. The van der Waals surface area contributed by atoms with Gasteiger partial charge in [-0.05, 0) is 127 Å². The molecule has 4 N–H and O–H groups in total. The van der Waals surface area contributed by atoms with Gasteiger partial charge in [0.25, 0.3) is 0 Å². The van der Waals surface area contributed by atoms with Crippen molar-refractivity contribution in [3.8, 4) is 23.0 Å². The number of allylic oxidation sites excluding steroid dienone is 6. The number of rotatable bonds is 14. The van der Waals surface area contributed by atoms with Gasteiger partial charge in [-0.25, -0.2) is 4.79 Å². The van der Waals surface area contributed by atoms with Crippen LogP contribution in [0.4, 0.5) is 0 Å². The number of aromatic hydroxyl groups is 4. The molecule has 4 rings (SSSR count). The molecule has 0 spiro atoms. The summed E-state index contributed by atoms with van der Waals surface area (Å²) in [6.07, 6.45) is 16.2. The number of phenols is 4. The van der Waals surface area contributed by atoms with Gasteiger partial charge >= 0.3 is 5.97 Å². The maximum atomic E-state index is 12.6. The average Bonchev–Trinajstić information content (AvgIpc) is 3.05. The summed E-state index contributed by atoms with van der Waals surface area (Å²) < 4.78 is 5.22. The molecule has 1 unspecified atom stereocenters. The predicted octanol–water partition coefficient (Wildman–Crippen LogP) is 11.9. The Bertz CT molecular complexity index is 1570. The van der Waals surface area contributed by atoms with Crippen molar-refractivity contribution in [1.82, 2.24) is 0 Å². The van der Waals surface area contributed by atoms with E-state index in [0.717, 1.165) is 74.5 Å². The largest absolute Gasteiger partial charge is 0.507 e. The van der Waals surface area contributed by atoms with E-state index in [1.54, 1.807) is 13.0 Å². The van der Waals surface area contributed by atoms with Crippen molar-refractivity contribution in [2.24, 2.45) is 11.8 Å². The van der Waals surface area contributed by atoms with Crippen LogP contribution in [0.2, 0.25) is 0 Å². The highest BCUT2D eigenvalue weighted by Gasteiger charge is 2.34. The number of aryl methyl sites for hydroxylation is 2. The van der Waals surface area contributed by atoms with Gasteiger partial charge in [0.15, 0.2) is 0 Å². The lowest BCUT2D eigenvalue weighted by molar-refractivity contribution is 0.0521. The molecule has 4 atom stereocenters. The van der Waals surface area contributed by atoms with E-state index >= 15 is 0 Å². The fourth-order valence-corrected chi connectivity index (χ4v) is 7.80. The Labute approximate surface area is 307 Å². The molecule has 0 amide bonds. The number of benzene rings is 2. The number of ether oxygens (including phenoxy) is 1. The minimum Gasteiger partial charge on any atom is -0.507 e. The molecule has 6 heteroatoms. The Hall–Kier alpha value is -3.93. The molecular formula is C45H64O6. The number of carbonyl (C=O) groups excluding carboxylic acids is 1. The fourth-order valence-electron chi connectivity index (χ4n) is 7.80. The third-order valence-electron chi connectivity index (χ3n) is 10.6. The van der Waals surface area contributed by atoms with E-state index in [9.17, 15) is 25.2 Å². The molecule has 51 heavy (non-hydrogen) atoms. The summed E-state index contributed by atoms with van der Waals surface area (Å²) in [4.78, 5) is 12.6. The van der Waals surface area contributed by atoms with E-state index in [1.807, 2.05) is 26.0 Å². The first-order valence-corrected chi connectivity index (χ1v) is 19.2. The van der Waals surface area contributed by atoms with E-state index in [4.69, 9.17) is 4.74 Å². The third-order valence-corrected chi connectivity index (χ3v) is 10.6. The number of hydrogen-bond acceptors (Lipinski definition) is 6. The van der Waals surface area contributed by atoms with Crippen LogP contribution in [0.15, 0.2) is 65.8 Å². The van der Waals surface area contributed by atoms with Crippen molar-refractivity contribution in [2.45, 2.75) is 137 Å². The SMILES string of the molecule is C=C(C)[C@@H]1CCC(C)=CC1c1c(O)cc(CCCCC)c(C(=O)OCC)c1O.C=C(C)[C@@H]1CCC(C)=C[C@H]1c1c(O)cc(CCCCC)cc1O. The number of esters is 1. The second kappa shape index (κ2) is 19.6. The smallest absolute Gasteiger partial charge is 0.342 e. The molecule has 0 radical (unpaired) electrons. The van der Waals surface area contributed by atoms with Crippen LogP contribution in [0.3, 0.4) is 0 Å². The molecule has 2 aliphatic rings. The lowest BCUT2D eigenvalue weighted by Gasteiger charge is -2.32. The summed E-state index contributed by atoms with van der Waals surface area (Å²) in [5.41, 5.74) is 7.59. The minimum absolute atomic E-state index is 0.0194. The fraction of sp³-hybridized carbons (Fsp3) is 0.533. The van der Waals surface area contributed by atoms with Crippen molar-refractivity contribution in [3.63, 3.8) is 0 Å². The Morgan fingerprint density at radius 1 is 0.725 bits per heavy atom. The quantitative estimate of drug-likeness (QED) is 0.0888. The Morgan fingerprint density at radius 3 is 1.67 bits per heavy atom. The highest BCUT2D eigenvalue weighted by Crippen LogP contribution is 2.49. The molecule has 0 saturated carbocycles. The van der Waals surface area contributed by atoms with Gasteiger partial charge in [0, 0.05) is 23.0 Å². The van der Waals surface area contributed by atoms with E-state index < -0.39 is 5.97 Å². The van der Waals surface area contributed by atoms with Crippen LogP contribution in [0, 0.1) is 11.8 Å². The van der Waals surface area contributed by atoms with Crippen LogP contribution in [0.25, 0.3) is 0 Å². The highest BCUT2D eigenvalue weighted by molar-refractivity contribution is 5.95. The Morgan fingerprint density at radius 2 is 1.20 bits per heavy atom. The van der Waals surface area contributed by atoms with Crippen LogP contribution in [0.1, 0.15) is 157 Å². The maximum absolute atomic E-state index is 12.6. The summed E-state index contributed by atoms with van der Waals surface area (Å²) in [6, 6.07) is 5.31. The molecule has 0 saturated heterocycles. The highest BCUT2D eigenvalue weighted by atomic mass is 16.5. The van der Waals surface area contributed by atoms with Crippen LogP contribution >= 0.6 is 0 Å². The summed E-state index contributed by atoms with van der Waals surface area (Å²) in [7, 11) is 0. The standard InChI is InChI=1S/C24H34O4.C21H30O2/c1-6-8-9-10-17-14-20(25)22(23(26)21(17)24(27)28-7-2)19-13-16(5)11-12-18(19)15(3)4;1-5-6-7-8-16-12-19(22)21(20(23)13-16)18-11-15(4)9-10-17(18)14(2)3/h13-14,18-19,25-26H,3,6-12H2,1-2,4-5H3;11-13,17-18,22-23H,2,5-10H2,1,3-4H3/t18-,19?;17-,18+/m00/s1. The van der Waals surface area contributed by atoms with Crippen LogP contribution in [-0.4, -0.2) is 33.0 Å². The van der Waals surface area contributed by atoms with Gasteiger partial charge in [0.05, 0.1) is 6.61 Å². The lowest BCUT2D eigenvalue weighted by Crippen LogP contribution is -2.19. The van der Waals surface area contributed by atoms with E-state index in [2.05, 4.69) is 53.0 Å². The van der Waals surface area contributed by atoms with Gasteiger partial charge in [-0.3, -0.25) is 0 Å². The monoisotopic (exact) mass is 700 g/mol. The van der Waals surface area contributed by atoms with Crippen LogP contribution < -0.4 is 0 Å². The van der Waals surface area contributed by atoms with Gasteiger partial charge in [0.2, 0.25) is 0 Å². The number of phenolic OH excluding ortho intramolecular Hbond substituents is 4. The van der Waals surface area contributed by atoms with Crippen LogP contribution in [0.5, 0.6) is 23.0 Å². The summed E-state index contributed by atoms with van der Waals surface area (Å²) in [5, 5.41) is 43.0. The maximum Gasteiger partial charge on any atom is 0.342 e. The van der Waals surface area contributed by atoms with Gasteiger partial charge in [-0.15, -0.1) is 0 Å². The van der Waals surface area contributed by atoms with Gasteiger partial charge in [0.1, 0.15) is 28.6 Å². The molecule has 0 aliphatic heterocycles.